The first-order chi connectivity index (χ1) is 19.1. The molecule has 2 aromatic carbocycles. The van der Waals surface area contributed by atoms with Crippen LogP contribution in [0.5, 0.6) is 11.5 Å². The monoisotopic (exact) mass is 658 g/mol. The summed E-state index contributed by atoms with van der Waals surface area (Å²) >= 11 is 7.18. The Morgan fingerprint density at radius 2 is 1.85 bits per heavy atom. The summed E-state index contributed by atoms with van der Waals surface area (Å²) in [6.07, 6.45) is 0. The van der Waals surface area contributed by atoms with Crippen LogP contribution in [0.2, 0.25) is 0 Å². The maximum Gasteiger partial charge on any atom is 0.296 e. The number of thiazole rings is 1. The number of aryl methyl sites for hydroxylation is 3. The number of halogens is 1. The van der Waals surface area contributed by atoms with Crippen LogP contribution in [0.4, 0.5) is 5.13 Å². The number of phenolic OH excluding ortho intramolecular Hbond substituents is 1. The summed E-state index contributed by atoms with van der Waals surface area (Å²) in [4.78, 5) is 33.3. The third-order valence-electron chi connectivity index (χ3n) is 6.23. The summed E-state index contributed by atoms with van der Waals surface area (Å²) in [6, 6.07) is 10.2. The first kappa shape index (κ1) is 28.3. The van der Waals surface area contributed by atoms with Crippen molar-refractivity contribution in [1.29, 1.82) is 0 Å². The standard InChI is InChI=1S/C27H23BrN4O5S3/c1-12-5-7-15(8-6-12)11-38-27-31-30-26(40-27)32-20(16-9-17(28)21(33)18(10-16)37-4)19(23(35)25(32)36)22(34)24-13(2)29-14(3)39-24/h5-10,20,33,35H,11H2,1-4H3. The van der Waals surface area contributed by atoms with Crippen LogP contribution in [0.3, 0.4) is 0 Å². The molecule has 1 unspecified atom stereocenters. The number of aliphatic hydroxyl groups excluding tert-OH is 1. The second-order valence-corrected chi connectivity index (χ2v) is 13.2. The van der Waals surface area contributed by atoms with Gasteiger partial charge < -0.3 is 14.9 Å². The normalized spacial score (nSPS) is 15.3. The van der Waals surface area contributed by atoms with Crippen molar-refractivity contribution >= 4 is 67.2 Å². The molecule has 0 bridgehead atoms. The van der Waals surface area contributed by atoms with Gasteiger partial charge in [-0.25, -0.2) is 4.98 Å². The van der Waals surface area contributed by atoms with E-state index < -0.39 is 23.5 Å². The number of phenols is 1. The molecule has 1 atom stereocenters. The van der Waals surface area contributed by atoms with E-state index in [1.807, 2.05) is 31.2 Å². The number of nitrogens with zero attached hydrogens (tertiary/aromatic N) is 4. The molecule has 13 heteroatoms. The van der Waals surface area contributed by atoms with Crippen LogP contribution >= 0.6 is 50.4 Å². The largest absolute Gasteiger partial charge is 0.503 e. The Balaban J connectivity index is 1.56. The van der Waals surface area contributed by atoms with Crippen molar-refractivity contribution in [3.63, 3.8) is 0 Å². The number of methoxy groups -OCH3 is 1. The smallest absolute Gasteiger partial charge is 0.296 e. The van der Waals surface area contributed by atoms with Gasteiger partial charge in [0.05, 0.1) is 38.8 Å². The lowest BCUT2D eigenvalue weighted by Gasteiger charge is -2.24. The average Bonchev–Trinajstić information content (AvgIpc) is 3.60. The lowest BCUT2D eigenvalue weighted by atomic mass is 9.95. The van der Waals surface area contributed by atoms with Gasteiger partial charge in [-0.05, 0) is 60.0 Å². The summed E-state index contributed by atoms with van der Waals surface area (Å²) in [5.74, 6) is -1.31. The third kappa shape index (κ3) is 5.26. The van der Waals surface area contributed by atoms with Crippen molar-refractivity contribution in [2.24, 2.45) is 0 Å². The number of aromatic nitrogens is 3. The molecule has 0 spiro atoms. The van der Waals surface area contributed by atoms with E-state index in [0.29, 0.717) is 35.7 Å². The number of amides is 1. The Bertz CT molecular complexity index is 1670. The lowest BCUT2D eigenvalue weighted by Crippen LogP contribution is -2.31. The predicted octanol–water partition coefficient (Wildman–Crippen LogP) is 6.47. The Labute approximate surface area is 250 Å². The number of thioether (sulfide) groups is 1. The van der Waals surface area contributed by atoms with Crippen molar-refractivity contribution in [2.45, 2.75) is 36.9 Å². The molecule has 0 saturated carbocycles. The minimum Gasteiger partial charge on any atom is -0.503 e. The number of carbonyl (C=O) groups is 2. The molecule has 2 N–H and O–H groups in total. The molecule has 1 amide bonds. The van der Waals surface area contributed by atoms with Gasteiger partial charge in [0, 0.05) is 5.75 Å². The molecule has 0 aliphatic carbocycles. The highest BCUT2D eigenvalue weighted by Crippen LogP contribution is 2.47. The molecule has 4 aromatic rings. The molecule has 0 saturated heterocycles. The van der Waals surface area contributed by atoms with Crippen LogP contribution in [0.25, 0.3) is 0 Å². The fraction of sp³-hybridized carbons (Fsp3) is 0.222. The van der Waals surface area contributed by atoms with Gasteiger partial charge in [-0.2, -0.15) is 0 Å². The van der Waals surface area contributed by atoms with Crippen molar-refractivity contribution in [1.82, 2.24) is 15.2 Å². The summed E-state index contributed by atoms with van der Waals surface area (Å²) in [5, 5.41) is 30.9. The number of ketones is 1. The summed E-state index contributed by atoms with van der Waals surface area (Å²) < 4.78 is 6.25. The second kappa shape index (κ2) is 11.3. The number of rotatable bonds is 8. The molecule has 40 heavy (non-hydrogen) atoms. The summed E-state index contributed by atoms with van der Waals surface area (Å²) in [6.45, 7) is 5.52. The number of aromatic hydroxyl groups is 1. The highest BCUT2D eigenvalue weighted by Gasteiger charge is 2.47. The third-order valence-corrected chi connectivity index (χ3v) is 10.0. The zero-order chi connectivity index (χ0) is 28.7. The van der Waals surface area contributed by atoms with Crippen molar-refractivity contribution in [3.05, 3.63) is 84.5 Å². The minimum atomic E-state index is -1.06. The van der Waals surface area contributed by atoms with Gasteiger partial charge in [0.1, 0.15) is 0 Å². The van der Waals surface area contributed by atoms with E-state index in [2.05, 4.69) is 31.1 Å². The second-order valence-electron chi connectivity index (χ2n) is 8.99. The molecule has 1 aliphatic heterocycles. The van der Waals surface area contributed by atoms with E-state index in [-0.39, 0.29) is 22.2 Å². The van der Waals surface area contributed by atoms with Crippen LogP contribution in [0.15, 0.2) is 56.5 Å². The average molecular weight is 660 g/mol. The quantitative estimate of drug-likeness (QED) is 0.124. The molecule has 9 nitrogen and oxygen atoms in total. The van der Waals surface area contributed by atoms with Crippen molar-refractivity contribution in [3.8, 4) is 11.5 Å². The molecule has 0 radical (unpaired) electrons. The Hall–Kier alpha value is -3.26. The van der Waals surface area contributed by atoms with E-state index in [4.69, 9.17) is 4.74 Å². The van der Waals surface area contributed by atoms with Gasteiger partial charge in [0.2, 0.25) is 10.9 Å². The SMILES string of the molecule is COc1cc(C2C(C(=O)c3sc(C)nc3C)=C(O)C(=O)N2c2nnc(SCc3ccc(C)cc3)s2)cc(Br)c1O. The molecule has 5 rings (SSSR count). The van der Waals surface area contributed by atoms with Gasteiger partial charge in [0.25, 0.3) is 5.91 Å². The fourth-order valence-electron chi connectivity index (χ4n) is 4.31. The number of anilines is 1. The number of hydrogen-bond donors (Lipinski definition) is 2. The van der Waals surface area contributed by atoms with Gasteiger partial charge >= 0.3 is 0 Å². The van der Waals surface area contributed by atoms with Crippen LogP contribution in [-0.4, -0.2) is 44.2 Å². The number of benzene rings is 2. The maximum atomic E-state index is 13.8. The van der Waals surface area contributed by atoms with Gasteiger partial charge in [0.15, 0.2) is 21.6 Å². The van der Waals surface area contributed by atoms with Crippen LogP contribution in [0, 0.1) is 20.8 Å². The van der Waals surface area contributed by atoms with E-state index in [1.165, 1.54) is 58.1 Å². The zero-order valence-electron chi connectivity index (χ0n) is 21.8. The highest BCUT2D eigenvalue weighted by molar-refractivity contribution is 9.10. The van der Waals surface area contributed by atoms with Crippen LogP contribution in [0.1, 0.15) is 43.1 Å². The maximum absolute atomic E-state index is 13.8. The Kier molecular flexibility index (Phi) is 8.00. The van der Waals surface area contributed by atoms with Gasteiger partial charge in [-0.1, -0.05) is 52.9 Å². The van der Waals surface area contributed by atoms with E-state index in [9.17, 15) is 19.8 Å². The van der Waals surface area contributed by atoms with E-state index >= 15 is 0 Å². The summed E-state index contributed by atoms with van der Waals surface area (Å²) in [7, 11) is 1.40. The van der Waals surface area contributed by atoms with Crippen molar-refractivity contribution in [2.75, 3.05) is 12.0 Å². The number of carbonyl (C=O) groups excluding carboxylic acids is 2. The molecule has 1 aliphatic rings. The fourth-order valence-corrected chi connectivity index (χ4v) is 7.47. The summed E-state index contributed by atoms with van der Waals surface area (Å²) in [5.41, 5.74) is 3.11. The van der Waals surface area contributed by atoms with E-state index in [1.54, 1.807) is 19.9 Å². The molecule has 2 aromatic heterocycles. The lowest BCUT2D eigenvalue weighted by molar-refractivity contribution is -0.117. The predicted molar refractivity (Wildman–Crippen MR) is 159 cm³/mol. The number of hydrogen-bond acceptors (Lipinski definition) is 11. The van der Waals surface area contributed by atoms with E-state index in [0.717, 1.165) is 5.56 Å². The zero-order valence-corrected chi connectivity index (χ0v) is 25.8. The number of ether oxygens (including phenoxy) is 1. The van der Waals surface area contributed by atoms with Crippen LogP contribution in [-0.2, 0) is 10.5 Å². The Morgan fingerprint density at radius 1 is 1.12 bits per heavy atom. The first-order valence-corrected chi connectivity index (χ1v) is 15.3. The Morgan fingerprint density at radius 3 is 2.50 bits per heavy atom. The molecular weight excluding hydrogens is 636 g/mol. The molecular formula is C27H23BrN4O5S3. The van der Waals surface area contributed by atoms with Gasteiger partial charge in [-0.3, -0.25) is 14.5 Å². The number of aliphatic hydroxyl groups is 1. The molecule has 206 valence electrons. The van der Waals surface area contributed by atoms with Gasteiger partial charge in [-0.15, -0.1) is 21.5 Å². The van der Waals surface area contributed by atoms with Crippen LogP contribution < -0.4 is 9.64 Å². The minimum absolute atomic E-state index is 0.111. The first-order valence-electron chi connectivity index (χ1n) is 11.9. The molecule has 3 heterocycles. The topological polar surface area (TPSA) is 126 Å². The number of Topliss-reactive ketones (excluding diaryl/α,β-unsaturated/α-hetero) is 1. The van der Waals surface area contributed by atoms with Crippen molar-refractivity contribution < 1.29 is 24.5 Å². The highest BCUT2D eigenvalue weighted by atomic mass is 79.9. The molecule has 0 fully saturated rings.